The van der Waals surface area contributed by atoms with E-state index in [1.165, 1.54) is 22.5 Å². The van der Waals surface area contributed by atoms with Crippen molar-refractivity contribution in [3.8, 4) is 0 Å². The highest BCUT2D eigenvalue weighted by Crippen LogP contribution is 2.19. The maximum atomic E-state index is 5.94. The van der Waals surface area contributed by atoms with E-state index in [2.05, 4.69) is 12.2 Å². The second-order valence-electron chi connectivity index (χ2n) is 5.49. The van der Waals surface area contributed by atoms with Crippen LogP contribution in [0.3, 0.4) is 0 Å². The Morgan fingerprint density at radius 2 is 2.00 bits per heavy atom. The lowest BCUT2D eigenvalue weighted by molar-refractivity contribution is 0.608. The second kappa shape index (κ2) is 6.54. The van der Waals surface area contributed by atoms with Crippen LogP contribution in [-0.2, 0) is 25.8 Å². The van der Waals surface area contributed by atoms with Gasteiger partial charge >= 0.3 is 0 Å². The van der Waals surface area contributed by atoms with Crippen LogP contribution in [0.15, 0.2) is 24.3 Å². The predicted octanol–water partition coefficient (Wildman–Crippen LogP) is 3.32. The van der Waals surface area contributed by atoms with Crippen LogP contribution in [0.25, 0.3) is 0 Å². The van der Waals surface area contributed by atoms with Gasteiger partial charge in [-0.2, -0.15) is 0 Å². The number of benzene rings is 1. The Morgan fingerprint density at radius 1 is 1.19 bits per heavy atom. The van der Waals surface area contributed by atoms with E-state index in [0.717, 1.165) is 49.6 Å². The smallest absolute Gasteiger partial charge is 0.133 e. The van der Waals surface area contributed by atoms with E-state index in [1.54, 1.807) is 0 Å². The number of aryl methyl sites for hydroxylation is 1. The molecule has 110 valence electrons. The zero-order valence-electron chi connectivity index (χ0n) is 12.3. The maximum absolute atomic E-state index is 5.94. The number of nitrogens with one attached hydrogen (secondary N) is 1. The number of nitrogens with zero attached hydrogens (tertiary/aromatic N) is 2. The molecule has 0 atom stereocenters. The van der Waals surface area contributed by atoms with Crippen molar-refractivity contribution in [2.45, 2.75) is 39.2 Å². The number of hydrogen-bond donors (Lipinski definition) is 1. The van der Waals surface area contributed by atoms with Crippen molar-refractivity contribution in [3.63, 3.8) is 0 Å². The quantitative estimate of drug-likeness (QED) is 0.941. The Morgan fingerprint density at radius 3 is 2.76 bits per heavy atom. The van der Waals surface area contributed by atoms with E-state index in [4.69, 9.17) is 21.6 Å². The third-order valence-corrected chi connectivity index (χ3v) is 4.08. The fourth-order valence-corrected chi connectivity index (χ4v) is 2.90. The van der Waals surface area contributed by atoms with Gasteiger partial charge in [-0.25, -0.2) is 9.97 Å². The average molecular weight is 302 g/mol. The molecule has 0 spiro atoms. The zero-order valence-corrected chi connectivity index (χ0v) is 13.1. The summed E-state index contributed by atoms with van der Waals surface area (Å²) in [5.41, 5.74) is 4.98. The number of halogens is 1. The summed E-state index contributed by atoms with van der Waals surface area (Å²) in [5.74, 6) is 0.932. The van der Waals surface area contributed by atoms with Gasteiger partial charge in [0.05, 0.1) is 5.69 Å². The van der Waals surface area contributed by atoms with Crippen molar-refractivity contribution in [1.82, 2.24) is 15.3 Å². The molecule has 0 amide bonds. The van der Waals surface area contributed by atoms with Crippen molar-refractivity contribution in [2.24, 2.45) is 0 Å². The molecule has 0 unspecified atom stereocenters. The van der Waals surface area contributed by atoms with Gasteiger partial charge in [0.25, 0.3) is 0 Å². The Labute approximate surface area is 130 Å². The number of fused-ring (bicyclic) bond motifs is 1. The Hall–Kier alpha value is -1.45. The van der Waals surface area contributed by atoms with Crippen LogP contribution >= 0.6 is 11.6 Å². The van der Waals surface area contributed by atoms with E-state index < -0.39 is 0 Å². The van der Waals surface area contributed by atoms with E-state index in [9.17, 15) is 0 Å². The summed E-state index contributed by atoms with van der Waals surface area (Å²) in [4.78, 5) is 9.60. The van der Waals surface area contributed by atoms with Crippen molar-refractivity contribution in [1.29, 1.82) is 0 Å². The van der Waals surface area contributed by atoms with E-state index in [0.29, 0.717) is 0 Å². The van der Waals surface area contributed by atoms with Crippen molar-refractivity contribution >= 4 is 11.6 Å². The first-order valence-corrected chi connectivity index (χ1v) is 7.96. The van der Waals surface area contributed by atoms with E-state index in [-0.39, 0.29) is 0 Å². The van der Waals surface area contributed by atoms with Gasteiger partial charge in [-0.15, -0.1) is 0 Å². The summed E-state index contributed by atoms with van der Waals surface area (Å²) in [6.45, 7) is 4.12. The standard InChI is InChI=1S/C17H20ClN3/c1-2-3-15-14-11-19-9-8-16(14)21-17(20-15)10-12-4-6-13(18)7-5-12/h4-7,19H,2-3,8-11H2,1H3. The molecule has 1 aromatic carbocycles. The molecule has 2 aromatic rings. The third-order valence-electron chi connectivity index (χ3n) is 3.83. The lowest BCUT2D eigenvalue weighted by Crippen LogP contribution is -2.27. The molecule has 0 aliphatic carbocycles. The highest BCUT2D eigenvalue weighted by molar-refractivity contribution is 6.30. The first kappa shape index (κ1) is 14.5. The summed E-state index contributed by atoms with van der Waals surface area (Å²) in [7, 11) is 0. The Kier molecular flexibility index (Phi) is 4.51. The number of rotatable bonds is 4. The molecule has 3 rings (SSSR count). The number of aromatic nitrogens is 2. The lowest BCUT2D eigenvalue weighted by Gasteiger charge is -2.20. The van der Waals surface area contributed by atoms with Crippen LogP contribution in [0, 0.1) is 0 Å². The average Bonchev–Trinajstić information content (AvgIpc) is 2.50. The van der Waals surface area contributed by atoms with E-state index >= 15 is 0 Å². The van der Waals surface area contributed by atoms with E-state index in [1.807, 2.05) is 24.3 Å². The Balaban J connectivity index is 1.91. The van der Waals surface area contributed by atoms with Gasteiger partial charge in [-0.3, -0.25) is 0 Å². The highest BCUT2D eigenvalue weighted by Gasteiger charge is 2.17. The van der Waals surface area contributed by atoms with Crippen LogP contribution in [-0.4, -0.2) is 16.5 Å². The molecule has 0 saturated heterocycles. The summed E-state index contributed by atoms with van der Waals surface area (Å²) in [5, 5.41) is 4.19. The third kappa shape index (κ3) is 3.42. The van der Waals surface area contributed by atoms with Crippen LogP contribution in [0.1, 0.15) is 41.7 Å². The molecule has 4 heteroatoms. The minimum absolute atomic E-state index is 0.767. The van der Waals surface area contributed by atoms with Gasteiger partial charge in [0.1, 0.15) is 5.82 Å². The van der Waals surface area contributed by atoms with Crippen molar-refractivity contribution < 1.29 is 0 Å². The molecular weight excluding hydrogens is 282 g/mol. The van der Waals surface area contributed by atoms with Gasteiger partial charge < -0.3 is 5.32 Å². The summed E-state index contributed by atoms with van der Waals surface area (Å²) < 4.78 is 0. The molecule has 0 radical (unpaired) electrons. The summed E-state index contributed by atoms with van der Waals surface area (Å²) >= 11 is 5.94. The minimum Gasteiger partial charge on any atom is -0.312 e. The monoisotopic (exact) mass is 301 g/mol. The Bertz CT molecular complexity index is 623. The van der Waals surface area contributed by atoms with Gasteiger partial charge in [0.2, 0.25) is 0 Å². The molecule has 0 bridgehead atoms. The van der Waals surface area contributed by atoms with Gasteiger partial charge in [-0.05, 0) is 24.1 Å². The van der Waals surface area contributed by atoms with Crippen LogP contribution in [0.4, 0.5) is 0 Å². The van der Waals surface area contributed by atoms with Crippen molar-refractivity contribution in [2.75, 3.05) is 6.54 Å². The summed E-state index contributed by atoms with van der Waals surface area (Å²) in [6.07, 6.45) is 3.92. The predicted molar refractivity (Wildman–Crippen MR) is 85.7 cm³/mol. The molecule has 1 N–H and O–H groups in total. The zero-order chi connectivity index (χ0) is 14.7. The molecule has 2 heterocycles. The summed E-state index contributed by atoms with van der Waals surface area (Å²) in [6, 6.07) is 7.94. The minimum atomic E-state index is 0.767. The van der Waals surface area contributed by atoms with Crippen molar-refractivity contribution in [3.05, 3.63) is 57.6 Å². The first-order valence-electron chi connectivity index (χ1n) is 7.59. The number of hydrogen-bond acceptors (Lipinski definition) is 3. The van der Waals surface area contributed by atoms with Gasteiger partial charge in [0, 0.05) is 42.2 Å². The highest BCUT2D eigenvalue weighted by atomic mass is 35.5. The SMILES string of the molecule is CCCc1nc(Cc2ccc(Cl)cc2)nc2c1CNCC2. The molecule has 0 fully saturated rings. The molecule has 21 heavy (non-hydrogen) atoms. The van der Waals surface area contributed by atoms with Gasteiger partial charge in [0.15, 0.2) is 0 Å². The maximum Gasteiger partial charge on any atom is 0.133 e. The van der Waals surface area contributed by atoms with Crippen LogP contribution < -0.4 is 5.32 Å². The van der Waals surface area contributed by atoms with Crippen LogP contribution in [0.5, 0.6) is 0 Å². The largest absolute Gasteiger partial charge is 0.312 e. The van der Waals surface area contributed by atoms with Crippen LogP contribution in [0.2, 0.25) is 5.02 Å². The molecule has 1 aromatic heterocycles. The fraction of sp³-hybridized carbons (Fsp3) is 0.412. The molecule has 1 aliphatic heterocycles. The normalized spacial score (nSPS) is 14.0. The lowest BCUT2D eigenvalue weighted by atomic mass is 10.0. The second-order valence-corrected chi connectivity index (χ2v) is 5.93. The molecule has 1 aliphatic rings. The first-order chi connectivity index (χ1) is 10.3. The molecule has 3 nitrogen and oxygen atoms in total. The van der Waals surface area contributed by atoms with Gasteiger partial charge in [-0.1, -0.05) is 37.1 Å². The fourth-order valence-electron chi connectivity index (χ4n) is 2.78. The topological polar surface area (TPSA) is 37.8 Å². The molecular formula is C17H20ClN3. The molecule has 0 saturated carbocycles.